The lowest BCUT2D eigenvalue weighted by atomic mass is 9.77. The van der Waals surface area contributed by atoms with Gasteiger partial charge in [-0.05, 0) is 42.5 Å². The zero-order chi connectivity index (χ0) is 14.1. The summed E-state index contributed by atoms with van der Waals surface area (Å²) in [5.74, 6) is -0.0287. The molecule has 1 fully saturated rings. The molecule has 0 bridgehead atoms. The summed E-state index contributed by atoms with van der Waals surface area (Å²) in [7, 11) is 0. The molecule has 2 aromatic rings. The van der Waals surface area contributed by atoms with Crippen LogP contribution in [0.15, 0.2) is 46.9 Å². The molecule has 102 valence electrons. The van der Waals surface area contributed by atoms with Crippen LogP contribution in [-0.4, -0.2) is 5.78 Å². The van der Waals surface area contributed by atoms with Gasteiger partial charge in [0, 0.05) is 15.6 Å². The minimum Gasteiger partial charge on any atom is -0.289 e. The van der Waals surface area contributed by atoms with Gasteiger partial charge >= 0.3 is 0 Å². The fourth-order valence-electron chi connectivity index (χ4n) is 2.60. The van der Waals surface area contributed by atoms with E-state index < -0.39 is 5.82 Å². The SMILES string of the molecule is O=C(c1cc(F)ccc1Br)c1ccccc1C1CCC1. The molecule has 2 aromatic carbocycles. The van der Waals surface area contributed by atoms with Gasteiger partial charge in [-0.15, -0.1) is 0 Å². The second-order valence-corrected chi connectivity index (χ2v) is 6.02. The second-order valence-electron chi connectivity index (χ2n) is 5.17. The molecule has 1 nitrogen and oxygen atoms in total. The van der Waals surface area contributed by atoms with E-state index >= 15 is 0 Å². The van der Waals surface area contributed by atoms with Crippen LogP contribution in [0, 0.1) is 5.82 Å². The van der Waals surface area contributed by atoms with Crippen LogP contribution < -0.4 is 0 Å². The average molecular weight is 333 g/mol. The van der Waals surface area contributed by atoms with Crippen molar-refractivity contribution in [2.75, 3.05) is 0 Å². The number of halogens is 2. The number of benzene rings is 2. The Morgan fingerprint density at radius 3 is 2.55 bits per heavy atom. The predicted molar refractivity (Wildman–Crippen MR) is 80.6 cm³/mol. The molecule has 1 aliphatic rings. The van der Waals surface area contributed by atoms with Crippen molar-refractivity contribution < 1.29 is 9.18 Å². The largest absolute Gasteiger partial charge is 0.289 e. The lowest BCUT2D eigenvalue weighted by Crippen LogP contribution is -2.14. The van der Waals surface area contributed by atoms with E-state index in [0.717, 1.165) is 18.4 Å². The van der Waals surface area contributed by atoms with Crippen molar-refractivity contribution in [2.45, 2.75) is 25.2 Å². The molecule has 0 amide bonds. The Bertz CT molecular complexity index is 662. The monoisotopic (exact) mass is 332 g/mol. The molecule has 20 heavy (non-hydrogen) atoms. The van der Waals surface area contributed by atoms with Crippen molar-refractivity contribution in [2.24, 2.45) is 0 Å². The lowest BCUT2D eigenvalue weighted by molar-refractivity contribution is 0.103. The number of hydrogen-bond donors (Lipinski definition) is 0. The standard InChI is InChI=1S/C17H14BrFO/c18-16-9-8-12(19)10-15(16)17(20)14-7-2-1-6-13(14)11-4-3-5-11/h1-2,6-11H,3-5H2. The smallest absolute Gasteiger partial charge is 0.194 e. The highest BCUT2D eigenvalue weighted by atomic mass is 79.9. The van der Waals surface area contributed by atoms with E-state index in [1.807, 2.05) is 24.3 Å². The Hall–Kier alpha value is -1.48. The van der Waals surface area contributed by atoms with Crippen LogP contribution in [0.4, 0.5) is 4.39 Å². The summed E-state index contributed by atoms with van der Waals surface area (Å²) in [4.78, 5) is 12.7. The molecule has 0 unspecified atom stereocenters. The lowest BCUT2D eigenvalue weighted by Gasteiger charge is -2.27. The molecule has 1 aliphatic carbocycles. The van der Waals surface area contributed by atoms with Gasteiger partial charge in [-0.25, -0.2) is 4.39 Å². The fraction of sp³-hybridized carbons (Fsp3) is 0.235. The summed E-state index contributed by atoms with van der Waals surface area (Å²) in [5, 5.41) is 0. The van der Waals surface area contributed by atoms with Gasteiger partial charge in [-0.2, -0.15) is 0 Å². The van der Waals surface area contributed by atoms with Gasteiger partial charge < -0.3 is 0 Å². The van der Waals surface area contributed by atoms with Gasteiger partial charge in [0.05, 0.1) is 0 Å². The summed E-state index contributed by atoms with van der Waals surface area (Å²) in [5.41, 5.74) is 2.18. The van der Waals surface area contributed by atoms with E-state index in [0.29, 0.717) is 21.5 Å². The van der Waals surface area contributed by atoms with Crippen LogP contribution >= 0.6 is 15.9 Å². The molecular formula is C17H14BrFO. The average Bonchev–Trinajstić information content (AvgIpc) is 2.39. The molecule has 1 saturated carbocycles. The Balaban J connectivity index is 2.04. The van der Waals surface area contributed by atoms with E-state index in [-0.39, 0.29) is 5.78 Å². The molecule has 0 saturated heterocycles. The van der Waals surface area contributed by atoms with Gasteiger partial charge in [0.1, 0.15) is 5.82 Å². The molecular weight excluding hydrogens is 319 g/mol. The summed E-state index contributed by atoms with van der Waals surface area (Å²) < 4.78 is 14.0. The van der Waals surface area contributed by atoms with Crippen LogP contribution in [0.1, 0.15) is 46.7 Å². The maximum Gasteiger partial charge on any atom is 0.194 e. The molecule has 0 aromatic heterocycles. The molecule has 0 radical (unpaired) electrons. The van der Waals surface area contributed by atoms with E-state index in [1.165, 1.54) is 18.6 Å². The molecule has 0 atom stereocenters. The third-order valence-electron chi connectivity index (χ3n) is 3.92. The van der Waals surface area contributed by atoms with Gasteiger partial charge in [-0.1, -0.05) is 46.6 Å². The number of ketones is 1. The van der Waals surface area contributed by atoms with Crippen molar-refractivity contribution in [1.29, 1.82) is 0 Å². The minimum absolute atomic E-state index is 0.112. The van der Waals surface area contributed by atoms with E-state index in [9.17, 15) is 9.18 Å². The Morgan fingerprint density at radius 1 is 1.10 bits per heavy atom. The first-order valence-corrected chi connectivity index (χ1v) is 7.55. The van der Waals surface area contributed by atoms with Crippen molar-refractivity contribution in [3.05, 3.63) is 69.4 Å². The van der Waals surface area contributed by atoms with Gasteiger partial charge in [0.15, 0.2) is 5.78 Å². The quantitative estimate of drug-likeness (QED) is 0.716. The summed E-state index contributed by atoms with van der Waals surface area (Å²) in [6.07, 6.45) is 3.49. The normalized spacial score (nSPS) is 14.9. The van der Waals surface area contributed by atoms with Crippen LogP contribution in [0.5, 0.6) is 0 Å². The van der Waals surface area contributed by atoms with Crippen molar-refractivity contribution >= 4 is 21.7 Å². The first-order chi connectivity index (χ1) is 9.66. The van der Waals surface area contributed by atoms with Gasteiger partial charge in [0.25, 0.3) is 0 Å². The number of rotatable bonds is 3. The van der Waals surface area contributed by atoms with E-state index in [1.54, 1.807) is 6.07 Å². The number of carbonyl (C=O) groups is 1. The van der Waals surface area contributed by atoms with Crippen molar-refractivity contribution in [3.8, 4) is 0 Å². The van der Waals surface area contributed by atoms with E-state index in [4.69, 9.17) is 0 Å². The second kappa shape index (κ2) is 5.49. The molecule has 3 heteroatoms. The Labute approximate surface area is 126 Å². The first-order valence-electron chi connectivity index (χ1n) is 6.75. The number of hydrogen-bond acceptors (Lipinski definition) is 1. The third-order valence-corrected chi connectivity index (χ3v) is 4.61. The maximum atomic E-state index is 13.4. The molecule has 0 N–H and O–H groups in total. The molecule has 0 aliphatic heterocycles. The Morgan fingerprint density at radius 2 is 1.85 bits per heavy atom. The summed E-state index contributed by atoms with van der Waals surface area (Å²) in [6.45, 7) is 0. The highest BCUT2D eigenvalue weighted by Crippen LogP contribution is 2.38. The maximum absolute atomic E-state index is 13.4. The summed E-state index contributed by atoms with van der Waals surface area (Å²) >= 11 is 3.33. The first kappa shape index (κ1) is 13.5. The molecule has 0 heterocycles. The van der Waals surface area contributed by atoms with Crippen molar-refractivity contribution in [1.82, 2.24) is 0 Å². The number of carbonyl (C=O) groups excluding carboxylic acids is 1. The van der Waals surface area contributed by atoms with Crippen molar-refractivity contribution in [3.63, 3.8) is 0 Å². The Kier molecular flexibility index (Phi) is 3.70. The van der Waals surface area contributed by atoms with Crippen LogP contribution in [0.3, 0.4) is 0 Å². The van der Waals surface area contributed by atoms with Gasteiger partial charge in [0.2, 0.25) is 0 Å². The fourth-order valence-corrected chi connectivity index (χ4v) is 3.02. The third kappa shape index (κ3) is 2.42. The zero-order valence-electron chi connectivity index (χ0n) is 10.9. The summed E-state index contributed by atoms with van der Waals surface area (Å²) in [6, 6.07) is 11.9. The highest BCUT2D eigenvalue weighted by molar-refractivity contribution is 9.10. The zero-order valence-corrected chi connectivity index (χ0v) is 12.5. The van der Waals surface area contributed by atoms with Crippen LogP contribution in [0.25, 0.3) is 0 Å². The molecule has 3 rings (SSSR count). The van der Waals surface area contributed by atoms with Gasteiger partial charge in [-0.3, -0.25) is 4.79 Å². The highest BCUT2D eigenvalue weighted by Gasteiger charge is 2.25. The van der Waals surface area contributed by atoms with Crippen LogP contribution in [0.2, 0.25) is 0 Å². The topological polar surface area (TPSA) is 17.1 Å². The van der Waals surface area contributed by atoms with E-state index in [2.05, 4.69) is 15.9 Å². The predicted octanol–water partition coefficient (Wildman–Crippen LogP) is 5.09. The minimum atomic E-state index is -0.391. The van der Waals surface area contributed by atoms with Crippen LogP contribution in [-0.2, 0) is 0 Å². The molecule has 0 spiro atoms.